The van der Waals surface area contributed by atoms with Gasteiger partial charge in [0.2, 0.25) is 0 Å². The van der Waals surface area contributed by atoms with Crippen molar-refractivity contribution in [1.29, 1.82) is 0 Å². The van der Waals surface area contributed by atoms with Gasteiger partial charge in [0.15, 0.2) is 0 Å². The number of hydrogen-bond donors (Lipinski definition) is 0. The van der Waals surface area contributed by atoms with Crippen LogP contribution in [0.25, 0.3) is 0 Å². The summed E-state index contributed by atoms with van der Waals surface area (Å²) in [6.45, 7) is 5.75. The van der Waals surface area contributed by atoms with Gasteiger partial charge in [0, 0.05) is 25.9 Å². The van der Waals surface area contributed by atoms with Crippen LogP contribution in [0.3, 0.4) is 0 Å². The van der Waals surface area contributed by atoms with Crippen LogP contribution in [-0.4, -0.2) is 31.8 Å². The molecule has 6 nitrogen and oxygen atoms in total. The van der Waals surface area contributed by atoms with Gasteiger partial charge >= 0.3 is 11.9 Å². The molecule has 0 aliphatic rings. The Bertz CT molecular complexity index is 487. The van der Waals surface area contributed by atoms with Gasteiger partial charge in [0.05, 0.1) is 13.2 Å². The third kappa shape index (κ3) is 8.95. The Morgan fingerprint density at radius 3 is 2.35 bits per heavy atom. The van der Waals surface area contributed by atoms with Crippen molar-refractivity contribution in [3.63, 3.8) is 0 Å². The number of hydrogen-bond acceptors (Lipinski definition) is 6. The van der Waals surface area contributed by atoms with Gasteiger partial charge in [-0.2, -0.15) is 4.89 Å². The van der Waals surface area contributed by atoms with Crippen LogP contribution in [0.2, 0.25) is 0 Å². The third-order valence-corrected chi connectivity index (χ3v) is 3.17. The van der Waals surface area contributed by atoms with E-state index in [0.29, 0.717) is 19.6 Å². The Morgan fingerprint density at radius 1 is 1.04 bits per heavy atom. The van der Waals surface area contributed by atoms with Gasteiger partial charge in [-0.25, -0.2) is 4.79 Å². The predicted molar refractivity (Wildman–Crippen MR) is 83.2 cm³/mol. The van der Waals surface area contributed by atoms with Crippen LogP contribution in [-0.2, 0) is 35.4 Å². The van der Waals surface area contributed by atoms with Gasteiger partial charge in [0.1, 0.15) is 6.61 Å². The van der Waals surface area contributed by atoms with E-state index in [1.165, 1.54) is 13.8 Å². The third-order valence-electron chi connectivity index (χ3n) is 3.17. The van der Waals surface area contributed by atoms with Gasteiger partial charge in [0.25, 0.3) is 0 Å². The number of esters is 1. The average Bonchev–Trinajstić information content (AvgIpc) is 2.50. The molecule has 0 heterocycles. The molecule has 0 spiro atoms. The van der Waals surface area contributed by atoms with Crippen LogP contribution in [0, 0.1) is 5.41 Å². The number of carbonyl (C=O) groups is 2. The fourth-order valence-corrected chi connectivity index (χ4v) is 1.80. The van der Waals surface area contributed by atoms with E-state index in [9.17, 15) is 9.59 Å². The minimum absolute atomic E-state index is 0.120. The Balaban J connectivity index is 2.40. The van der Waals surface area contributed by atoms with Crippen molar-refractivity contribution in [2.45, 2.75) is 33.8 Å². The highest BCUT2D eigenvalue weighted by Crippen LogP contribution is 2.23. The zero-order chi connectivity index (χ0) is 17.1. The number of rotatable bonds is 10. The molecule has 0 saturated heterocycles. The second kappa shape index (κ2) is 9.97. The first-order chi connectivity index (χ1) is 10.9. The van der Waals surface area contributed by atoms with Crippen molar-refractivity contribution in [3.8, 4) is 0 Å². The summed E-state index contributed by atoms with van der Waals surface area (Å²) < 4.78 is 10.7. The summed E-state index contributed by atoms with van der Waals surface area (Å²) in [7, 11) is 0. The maximum absolute atomic E-state index is 11.0. The fourth-order valence-electron chi connectivity index (χ4n) is 1.80. The SMILES string of the molecule is CC(=O)OCC(C)(CCOCc1ccccc1)COOC(C)=O. The maximum atomic E-state index is 11.0. The zero-order valence-corrected chi connectivity index (χ0v) is 13.9. The quantitative estimate of drug-likeness (QED) is 0.285. The molecule has 0 aliphatic carbocycles. The van der Waals surface area contributed by atoms with E-state index in [0.717, 1.165) is 5.56 Å². The molecule has 0 amide bonds. The van der Waals surface area contributed by atoms with E-state index in [1.807, 2.05) is 37.3 Å². The van der Waals surface area contributed by atoms with E-state index in [4.69, 9.17) is 14.4 Å². The summed E-state index contributed by atoms with van der Waals surface area (Å²) in [4.78, 5) is 31.2. The molecule has 0 aliphatic heterocycles. The van der Waals surface area contributed by atoms with Gasteiger partial charge in [-0.1, -0.05) is 37.3 Å². The first-order valence-electron chi connectivity index (χ1n) is 7.46. The second-order valence-corrected chi connectivity index (χ2v) is 5.72. The smallest absolute Gasteiger partial charge is 0.339 e. The monoisotopic (exact) mass is 324 g/mol. The summed E-state index contributed by atoms with van der Waals surface area (Å²) in [5.74, 6) is -0.894. The molecular weight excluding hydrogens is 300 g/mol. The Kier molecular flexibility index (Phi) is 8.29. The van der Waals surface area contributed by atoms with E-state index in [1.54, 1.807) is 0 Å². The summed E-state index contributed by atoms with van der Waals surface area (Å²) in [5.41, 5.74) is 0.586. The highest BCUT2D eigenvalue weighted by Gasteiger charge is 2.27. The number of carbonyl (C=O) groups excluding carboxylic acids is 2. The molecule has 128 valence electrons. The summed E-state index contributed by atoms with van der Waals surface area (Å²) in [5, 5.41) is 0. The van der Waals surface area contributed by atoms with Crippen molar-refractivity contribution < 1.29 is 28.8 Å². The molecule has 0 aromatic heterocycles. The molecule has 1 atom stereocenters. The lowest BCUT2D eigenvalue weighted by atomic mass is 9.89. The Hall–Kier alpha value is -1.92. The van der Waals surface area contributed by atoms with Crippen molar-refractivity contribution in [2.75, 3.05) is 19.8 Å². The van der Waals surface area contributed by atoms with Crippen LogP contribution in [0.15, 0.2) is 30.3 Å². The molecule has 0 saturated carbocycles. The van der Waals surface area contributed by atoms with Gasteiger partial charge in [-0.3, -0.25) is 9.68 Å². The molecule has 23 heavy (non-hydrogen) atoms. The average molecular weight is 324 g/mol. The van der Waals surface area contributed by atoms with Crippen LogP contribution in [0.5, 0.6) is 0 Å². The summed E-state index contributed by atoms with van der Waals surface area (Å²) in [6, 6.07) is 9.84. The van der Waals surface area contributed by atoms with Crippen molar-refractivity contribution in [1.82, 2.24) is 0 Å². The van der Waals surface area contributed by atoms with Crippen LogP contribution < -0.4 is 0 Å². The molecule has 1 aromatic carbocycles. The second-order valence-electron chi connectivity index (χ2n) is 5.72. The topological polar surface area (TPSA) is 71.1 Å². The standard InChI is InChI=1S/C17H24O6/c1-14(18)21-12-17(3,13-22-23-15(2)19)9-10-20-11-16-7-5-4-6-8-16/h4-8H,9-13H2,1-3H3. The first kappa shape index (κ1) is 19.1. The zero-order valence-electron chi connectivity index (χ0n) is 13.9. The van der Waals surface area contributed by atoms with Gasteiger partial charge < -0.3 is 9.47 Å². The lowest BCUT2D eigenvalue weighted by Gasteiger charge is -2.27. The fraction of sp³-hybridized carbons (Fsp3) is 0.529. The highest BCUT2D eigenvalue weighted by molar-refractivity contribution is 5.66. The largest absolute Gasteiger partial charge is 0.465 e. The van der Waals surface area contributed by atoms with E-state index in [-0.39, 0.29) is 19.2 Å². The minimum atomic E-state index is -0.528. The number of benzene rings is 1. The minimum Gasteiger partial charge on any atom is -0.465 e. The van der Waals surface area contributed by atoms with Crippen LogP contribution in [0.1, 0.15) is 32.8 Å². The highest BCUT2D eigenvalue weighted by atomic mass is 17.2. The van der Waals surface area contributed by atoms with E-state index < -0.39 is 11.4 Å². The van der Waals surface area contributed by atoms with Gasteiger partial charge in [-0.05, 0) is 12.0 Å². The van der Waals surface area contributed by atoms with Crippen molar-refractivity contribution >= 4 is 11.9 Å². The lowest BCUT2D eigenvalue weighted by molar-refractivity contribution is -0.286. The Morgan fingerprint density at radius 2 is 1.74 bits per heavy atom. The molecule has 1 unspecified atom stereocenters. The molecule has 1 aromatic rings. The summed E-state index contributed by atoms with van der Waals surface area (Å²) >= 11 is 0. The normalized spacial score (nSPS) is 13.2. The molecule has 0 bridgehead atoms. The van der Waals surface area contributed by atoms with E-state index >= 15 is 0 Å². The molecule has 1 rings (SSSR count). The molecule has 0 fully saturated rings. The van der Waals surface area contributed by atoms with Crippen LogP contribution in [0.4, 0.5) is 0 Å². The Labute approximate surface area is 136 Å². The van der Waals surface area contributed by atoms with Crippen molar-refractivity contribution in [3.05, 3.63) is 35.9 Å². The van der Waals surface area contributed by atoms with Crippen molar-refractivity contribution in [2.24, 2.45) is 5.41 Å². The van der Waals surface area contributed by atoms with Gasteiger partial charge in [-0.15, -0.1) is 0 Å². The molecule has 0 radical (unpaired) electrons. The summed E-state index contributed by atoms with van der Waals surface area (Å²) in [6.07, 6.45) is 0.592. The van der Waals surface area contributed by atoms with Crippen LogP contribution >= 0.6 is 0 Å². The maximum Gasteiger partial charge on any atom is 0.339 e. The predicted octanol–water partition coefficient (Wildman–Crippen LogP) is 2.66. The molecule has 6 heteroatoms. The lowest BCUT2D eigenvalue weighted by Crippen LogP contribution is -2.32. The number of ether oxygens (including phenoxy) is 2. The first-order valence-corrected chi connectivity index (χ1v) is 7.46. The van der Waals surface area contributed by atoms with E-state index in [2.05, 4.69) is 4.89 Å². The molecular formula is C17H24O6. The molecule has 0 N–H and O–H groups in total.